The summed E-state index contributed by atoms with van der Waals surface area (Å²) in [6.07, 6.45) is 0. The van der Waals surface area contributed by atoms with E-state index in [-0.39, 0.29) is 30.4 Å². The van der Waals surface area contributed by atoms with Crippen LogP contribution in [0.25, 0.3) is 0 Å². The molecule has 0 aliphatic rings. The lowest BCUT2D eigenvalue weighted by Crippen LogP contribution is -2.24. The molecule has 0 saturated heterocycles. The third kappa shape index (κ3) is 8.12. The molecule has 3 aromatic rings. The quantitative estimate of drug-likeness (QED) is 0.0830. The highest BCUT2D eigenvalue weighted by Gasteiger charge is 2.27. The van der Waals surface area contributed by atoms with Gasteiger partial charge in [-0.2, -0.15) is 0 Å². The smallest absolute Gasteiger partial charge is 0.333 e. The molecule has 200 valence electrons. The van der Waals surface area contributed by atoms with E-state index in [1.165, 1.54) is 7.11 Å². The van der Waals surface area contributed by atoms with Crippen molar-refractivity contribution in [2.75, 3.05) is 25.6 Å². The minimum Gasteiger partial charge on any atom is -0.488 e. The van der Waals surface area contributed by atoms with Crippen LogP contribution in [0.3, 0.4) is 0 Å². The minimum atomic E-state index is -1.04. The SMILES string of the molecule is C=C(C)C(=O)OCCOc1c(C#Cc2ccccc2)cc(Cl)cc1C(Nc1ccc(C(=N)N)cc1)C(=O)OC. The molecular formula is C30H28ClN3O5. The molecule has 0 heterocycles. The highest BCUT2D eigenvalue weighted by atomic mass is 35.5. The van der Waals surface area contributed by atoms with Crippen molar-refractivity contribution in [3.8, 4) is 17.6 Å². The fourth-order valence-electron chi connectivity index (χ4n) is 3.44. The van der Waals surface area contributed by atoms with E-state index < -0.39 is 18.0 Å². The molecule has 0 aliphatic carbocycles. The van der Waals surface area contributed by atoms with Crippen LogP contribution in [0.2, 0.25) is 5.02 Å². The summed E-state index contributed by atoms with van der Waals surface area (Å²) in [6.45, 7) is 5.04. The van der Waals surface area contributed by atoms with Crippen LogP contribution in [0, 0.1) is 17.3 Å². The molecule has 9 heteroatoms. The zero-order valence-electron chi connectivity index (χ0n) is 21.5. The monoisotopic (exact) mass is 545 g/mol. The third-order valence-corrected chi connectivity index (χ3v) is 5.58. The van der Waals surface area contributed by atoms with E-state index in [9.17, 15) is 9.59 Å². The number of nitrogens with one attached hydrogen (secondary N) is 2. The molecule has 39 heavy (non-hydrogen) atoms. The number of carbonyl (C=O) groups excluding carboxylic acids is 2. The molecule has 0 bridgehead atoms. The number of nitrogens with two attached hydrogens (primary N) is 1. The normalized spacial score (nSPS) is 10.8. The van der Waals surface area contributed by atoms with Crippen LogP contribution in [0.5, 0.6) is 5.75 Å². The van der Waals surface area contributed by atoms with Crippen LogP contribution < -0.4 is 15.8 Å². The molecule has 0 spiro atoms. The van der Waals surface area contributed by atoms with Crippen LogP contribution >= 0.6 is 11.6 Å². The van der Waals surface area contributed by atoms with E-state index in [4.69, 9.17) is 37.0 Å². The van der Waals surface area contributed by atoms with Gasteiger partial charge in [-0.15, -0.1) is 0 Å². The van der Waals surface area contributed by atoms with Gasteiger partial charge in [0.2, 0.25) is 0 Å². The van der Waals surface area contributed by atoms with Gasteiger partial charge in [-0.3, -0.25) is 5.41 Å². The van der Waals surface area contributed by atoms with Crippen LogP contribution in [0.1, 0.15) is 35.2 Å². The fraction of sp³-hybridized carbons (Fsp3) is 0.167. The average molecular weight is 546 g/mol. The maximum Gasteiger partial charge on any atom is 0.333 e. The lowest BCUT2D eigenvalue weighted by molar-refractivity contribution is -0.141. The Morgan fingerprint density at radius 3 is 2.38 bits per heavy atom. The molecule has 8 nitrogen and oxygen atoms in total. The van der Waals surface area contributed by atoms with E-state index in [1.807, 2.05) is 30.3 Å². The molecule has 1 atom stereocenters. The van der Waals surface area contributed by atoms with Crippen molar-refractivity contribution in [2.24, 2.45) is 5.73 Å². The Bertz CT molecular complexity index is 1430. The molecule has 1 unspecified atom stereocenters. The zero-order valence-corrected chi connectivity index (χ0v) is 22.3. The number of methoxy groups -OCH3 is 1. The Balaban J connectivity index is 2.04. The van der Waals surface area contributed by atoms with Gasteiger partial charge >= 0.3 is 11.9 Å². The number of anilines is 1. The van der Waals surface area contributed by atoms with E-state index in [0.29, 0.717) is 27.4 Å². The Hall–Kier alpha value is -4.74. The van der Waals surface area contributed by atoms with Crippen LogP contribution in [-0.2, 0) is 19.1 Å². The number of halogens is 1. The second-order valence-electron chi connectivity index (χ2n) is 8.34. The van der Waals surface area contributed by atoms with E-state index in [2.05, 4.69) is 23.7 Å². The highest BCUT2D eigenvalue weighted by Crippen LogP contribution is 2.35. The second-order valence-corrected chi connectivity index (χ2v) is 8.78. The number of hydrogen-bond acceptors (Lipinski definition) is 7. The Kier molecular flexibility index (Phi) is 10.1. The van der Waals surface area contributed by atoms with Gasteiger partial charge in [-0.25, -0.2) is 9.59 Å². The van der Waals surface area contributed by atoms with Crippen molar-refractivity contribution in [3.05, 3.63) is 106 Å². The van der Waals surface area contributed by atoms with Gasteiger partial charge in [0.25, 0.3) is 0 Å². The van der Waals surface area contributed by atoms with E-state index >= 15 is 0 Å². The van der Waals surface area contributed by atoms with E-state index in [1.54, 1.807) is 43.3 Å². The Labute approximate surface area is 232 Å². The maximum absolute atomic E-state index is 13.0. The third-order valence-electron chi connectivity index (χ3n) is 5.36. The minimum absolute atomic E-state index is 0.0190. The van der Waals surface area contributed by atoms with E-state index in [0.717, 1.165) is 5.56 Å². The molecule has 0 radical (unpaired) electrons. The average Bonchev–Trinajstić information content (AvgIpc) is 2.93. The summed E-state index contributed by atoms with van der Waals surface area (Å²) in [6, 6.07) is 18.2. The summed E-state index contributed by atoms with van der Waals surface area (Å²) < 4.78 is 16.3. The summed E-state index contributed by atoms with van der Waals surface area (Å²) in [4.78, 5) is 24.8. The summed E-state index contributed by atoms with van der Waals surface area (Å²) in [5.41, 5.74) is 8.48. The summed E-state index contributed by atoms with van der Waals surface area (Å²) in [7, 11) is 1.27. The number of hydrogen-bond donors (Lipinski definition) is 3. The topological polar surface area (TPSA) is 124 Å². The summed E-state index contributed by atoms with van der Waals surface area (Å²) in [5.74, 6) is 5.20. The first-order valence-electron chi connectivity index (χ1n) is 11.8. The first-order valence-corrected chi connectivity index (χ1v) is 12.2. The first-order chi connectivity index (χ1) is 18.7. The van der Waals surface area contributed by atoms with Crippen LogP contribution in [-0.4, -0.2) is 38.1 Å². The lowest BCUT2D eigenvalue weighted by atomic mass is 10.0. The van der Waals surface area contributed by atoms with Gasteiger partial charge in [-0.05, 0) is 55.5 Å². The summed E-state index contributed by atoms with van der Waals surface area (Å²) in [5, 5.41) is 11.1. The predicted octanol–water partition coefficient (Wildman–Crippen LogP) is 4.85. The van der Waals surface area contributed by atoms with Crippen molar-refractivity contribution in [1.29, 1.82) is 5.41 Å². The molecule has 3 aromatic carbocycles. The largest absolute Gasteiger partial charge is 0.488 e. The second kappa shape index (κ2) is 13.7. The molecule has 0 saturated carbocycles. The molecule has 0 fully saturated rings. The molecule has 0 aromatic heterocycles. The van der Waals surface area contributed by atoms with Crippen LogP contribution in [0.4, 0.5) is 5.69 Å². The zero-order chi connectivity index (χ0) is 28.4. The van der Waals surface area contributed by atoms with Gasteiger partial charge < -0.3 is 25.3 Å². The van der Waals surface area contributed by atoms with Gasteiger partial charge in [-0.1, -0.05) is 48.2 Å². The number of carbonyl (C=O) groups is 2. The molecule has 0 aliphatic heterocycles. The molecule has 4 N–H and O–H groups in total. The maximum atomic E-state index is 13.0. The van der Waals surface area contributed by atoms with Gasteiger partial charge in [0, 0.05) is 33.0 Å². The summed E-state index contributed by atoms with van der Waals surface area (Å²) >= 11 is 6.47. The standard InChI is InChI=1S/C30H28ClN3O5/c1-19(2)29(35)39-16-15-38-27-22(10-9-20-7-5-4-6-8-20)17-23(31)18-25(27)26(30(36)37-3)34-24-13-11-21(12-14-24)28(32)33/h4-8,11-14,17-18,26,34H,1,15-16H2,2-3H3,(H3,32,33). The predicted molar refractivity (Wildman–Crippen MR) is 151 cm³/mol. The Morgan fingerprint density at radius 2 is 1.77 bits per heavy atom. The molecule has 0 amide bonds. The molecule has 3 rings (SSSR count). The number of esters is 2. The lowest BCUT2D eigenvalue weighted by Gasteiger charge is -2.22. The Morgan fingerprint density at radius 1 is 1.08 bits per heavy atom. The fourth-order valence-corrected chi connectivity index (χ4v) is 3.67. The van der Waals surface area contributed by atoms with Crippen molar-refractivity contribution < 1.29 is 23.8 Å². The highest BCUT2D eigenvalue weighted by molar-refractivity contribution is 6.30. The number of rotatable bonds is 10. The van der Waals surface area contributed by atoms with Gasteiger partial charge in [0.1, 0.15) is 24.8 Å². The number of amidine groups is 1. The number of nitrogen functional groups attached to an aromatic ring is 1. The van der Waals surface area contributed by atoms with Crippen molar-refractivity contribution in [1.82, 2.24) is 0 Å². The van der Waals surface area contributed by atoms with Gasteiger partial charge in [0.05, 0.1) is 12.7 Å². The number of benzene rings is 3. The van der Waals surface area contributed by atoms with Crippen LogP contribution in [0.15, 0.2) is 78.9 Å². The first kappa shape index (κ1) is 28.8. The van der Waals surface area contributed by atoms with Crippen molar-refractivity contribution in [2.45, 2.75) is 13.0 Å². The molecular weight excluding hydrogens is 518 g/mol. The van der Waals surface area contributed by atoms with Crippen molar-refractivity contribution in [3.63, 3.8) is 0 Å². The van der Waals surface area contributed by atoms with Gasteiger partial charge in [0.15, 0.2) is 6.04 Å². The number of ether oxygens (including phenoxy) is 3. The van der Waals surface area contributed by atoms with Crippen molar-refractivity contribution >= 4 is 35.1 Å².